The number of benzene rings is 1. The molecule has 0 aliphatic carbocycles. The van der Waals surface area contributed by atoms with Crippen molar-refractivity contribution in [3.8, 4) is 17.5 Å². The van der Waals surface area contributed by atoms with Gasteiger partial charge < -0.3 is 20.9 Å². The first-order valence-electron chi connectivity index (χ1n) is 8.38. The lowest BCUT2D eigenvalue weighted by Gasteiger charge is -2.19. The Labute approximate surface area is 152 Å². The number of nitriles is 1. The van der Waals surface area contributed by atoms with Crippen molar-refractivity contribution in [3.05, 3.63) is 42.0 Å². The molecular weight excluding hydrogens is 328 g/mol. The molecule has 3 N–H and O–H groups in total. The molecule has 2 heterocycles. The number of aromatic nitrogens is 3. The molecule has 0 spiro atoms. The Morgan fingerprint density at radius 3 is 2.81 bits per heavy atom. The van der Waals surface area contributed by atoms with Crippen LogP contribution in [0.1, 0.15) is 18.4 Å². The number of hydrogen-bond donors (Lipinski definition) is 3. The first kappa shape index (κ1) is 17.4. The Morgan fingerprint density at radius 2 is 2.12 bits per heavy atom. The van der Waals surface area contributed by atoms with Crippen molar-refractivity contribution in [2.75, 3.05) is 30.4 Å². The van der Waals surface area contributed by atoms with Crippen LogP contribution in [0.25, 0.3) is 11.4 Å². The highest BCUT2D eigenvalue weighted by atomic mass is 15.2. The van der Waals surface area contributed by atoms with Gasteiger partial charge in [0.2, 0.25) is 5.95 Å². The van der Waals surface area contributed by atoms with Crippen LogP contribution in [0.5, 0.6) is 0 Å². The second-order valence-corrected chi connectivity index (χ2v) is 5.83. The van der Waals surface area contributed by atoms with Crippen LogP contribution >= 0.6 is 0 Å². The number of hydrogen-bond acceptors (Lipinski definition) is 8. The van der Waals surface area contributed by atoms with Crippen LogP contribution < -0.4 is 15.5 Å². The van der Waals surface area contributed by atoms with Gasteiger partial charge in [-0.25, -0.2) is 9.97 Å². The first-order chi connectivity index (χ1) is 12.7. The lowest BCUT2D eigenvalue weighted by Crippen LogP contribution is -2.18. The second-order valence-electron chi connectivity index (χ2n) is 5.83. The predicted octanol–water partition coefficient (Wildman–Crippen LogP) is 2.13. The number of anilines is 2. The number of rotatable bonds is 6. The molecule has 1 saturated heterocycles. The summed E-state index contributed by atoms with van der Waals surface area (Å²) in [6.07, 6.45) is 6.52. The van der Waals surface area contributed by atoms with E-state index in [2.05, 4.69) is 36.6 Å². The highest BCUT2D eigenvalue weighted by Gasteiger charge is 2.17. The summed E-state index contributed by atoms with van der Waals surface area (Å²) in [6, 6.07) is 7.98. The van der Waals surface area contributed by atoms with Gasteiger partial charge in [0.1, 0.15) is 12.4 Å². The molecule has 8 nitrogen and oxygen atoms in total. The molecule has 1 aromatic heterocycles. The van der Waals surface area contributed by atoms with Gasteiger partial charge in [-0.3, -0.25) is 0 Å². The maximum Gasteiger partial charge on any atom is 0.230 e. The summed E-state index contributed by atoms with van der Waals surface area (Å²) < 4.78 is 0. The van der Waals surface area contributed by atoms with Crippen molar-refractivity contribution in [1.82, 2.24) is 20.3 Å². The van der Waals surface area contributed by atoms with Gasteiger partial charge in [0.05, 0.1) is 16.9 Å². The topological polar surface area (TPSA) is 114 Å². The summed E-state index contributed by atoms with van der Waals surface area (Å²) in [7, 11) is 1.75. The van der Waals surface area contributed by atoms with Crippen LogP contribution in [-0.4, -0.2) is 41.3 Å². The molecule has 1 fully saturated rings. The number of nitrogens with zero attached hydrogens (tertiary/aromatic N) is 5. The van der Waals surface area contributed by atoms with E-state index in [0.29, 0.717) is 23.0 Å². The Balaban J connectivity index is 1.89. The molecule has 2 aromatic rings. The Kier molecular flexibility index (Phi) is 5.39. The molecule has 3 rings (SSSR count). The van der Waals surface area contributed by atoms with Crippen LogP contribution in [0.15, 0.2) is 36.4 Å². The second kappa shape index (κ2) is 8.07. The van der Waals surface area contributed by atoms with Crippen LogP contribution in [0.3, 0.4) is 0 Å². The molecule has 0 unspecified atom stereocenters. The van der Waals surface area contributed by atoms with E-state index in [0.717, 1.165) is 37.2 Å². The van der Waals surface area contributed by atoms with Gasteiger partial charge >= 0.3 is 0 Å². The third-order valence-electron chi connectivity index (χ3n) is 4.11. The van der Waals surface area contributed by atoms with Gasteiger partial charge in [0, 0.05) is 38.1 Å². The lowest BCUT2D eigenvalue weighted by molar-refractivity contribution is 0.949. The largest absolute Gasteiger partial charge is 0.392 e. The van der Waals surface area contributed by atoms with Crippen molar-refractivity contribution < 1.29 is 0 Å². The van der Waals surface area contributed by atoms with Crippen LogP contribution in [0.2, 0.25) is 0 Å². The van der Waals surface area contributed by atoms with Crippen LogP contribution in [0.4, 0.5) is 11.6 Å². The summed E-state index contributed by atoms with van der Waals surface area (Å²) in [4.78, 5) is 14.9. The van der Waals surface area contributed by atoms with Crippen molar-refractivity contribution in [2.45, 2.75) is 12.8 Å². The molecule has 1 aromatic carbocycles. The standard InChI is InChI=1S/C18H20N8/c1-21-11-15(10-20)24-18-23-12-22-17(25-18)13-4-5-16(14(8-13)9-19)26-6-2-3-7-26/h4-5,8,10-12,20-21H,2-3,6-7H2,1H3,(H,22,23,24,25)/b15-11+,20-10?. The smallest absolute Gasteiger partial charge is 0.230 e. The van der Waals surface area contributed by atoms with Crippen LogP contribution in [0, 0.1) is 16.7 Å². The zero-order chi connectivity index (χ0) is 18.4. The van der Waals surface area contributed by atoms with E-state index < -0.39 is 0 Å². The fourth-order valence-corrected chi connectivity index (χ4v) is 2.89. The van der Waals surface area contributed by atoms with E-state index in [4.69, 9.17) is 5.41 Å². The summed E-state index contributed by atoms with van der Waals surface area (Å²) in [6.45, 7) is 1.97. The van der Waals surface area contributed by atoms with Crippen molar-refractivity contribution >= 4 is 17.9 Å². The zero-order valence-electron chi connectivity index (χ0n) is 14.5. The molecule has 1 aliphatic rings. The molecule has 1 aliphatic heterocycles. The van der Waals surface area contributed by atoms with Gasteiger partial charge in [-0.1, -0.05) is 0 Å². The predicted molar refractivity (Wildman–Crippen MR) is 101 cm³/mol. The van der Waals surface area contributed by atoms with Gasteiger partial charge in [-0.05, 0) is 31.0 Å². The van der Waals surface area contributed by atoms with Gasteiger partial charge in [0.15, 0.2) is 5.82 Å². The van der Waals surface area contributed by atoms with E-state index in [1.807, 2.05) is 18.2 Å². The normalized spacial score (nSPS) is 14.0. The van der Waals surface area contributed by atoms with E-state index in [9.17, 15) is 5.26 Å². The Morgan fingerprint density at radius 1 is 1.31 bits per heavy atom. The molecule has 0 amide bonds. The summed E-state index contributed by atoms with van der Waals surface area (Å²) in [5, 5.41) is 22.7. The molecule has 26 heavy (non-hydrogen) atoms. The van der Waals surface area contributed by atoms with Crippen molar-refractivity contribution in [3.63, 3.8) is 0 Å². The first-order valence-corrected chi connectivity index (χ1v) is 8.38. The quantitative estimate of drug-likeness (QED) is 0.685. The van der Waals surface area contributed by atoms with E-state index in [1.165, 1.54) is 12.5 Å². The average Bonchev–Trinajstić information content (AvgIpc) is 3.22. The van der Waals surface area contributed by atoms with Gasteiger partial charge in [0.25, 0.3) is 0 Å². The number of nitrogens with one attached hydrogen (secondary N) is 3. The summed E-state index contributed by atoms with van der Waals surface area (Å²) in [5.74, 6) is 0.808. The summed E-state index contributed by atoms with van der Waals surface area (Å²) in [5.41, 5.74) is 2.86. The molecule has 0 saturated carbocycles. The van der Waals surface area contributed by atoms with E-state index in [-0.39, 0.29) is 0 Å². The fourth-order valence-electron chi connectivity index (χ4n) is 2.89. The van der Waals surface area contributed by atoms with E-state index in [1.54, 1.807) is 13.2 Å². The monoisotopic (exact) mass is 348 g/mol. The Bertz CT molecular complexity index is 862. The lowest BCUT2D eigenvalue weighted by atomic mass is 10.1. The fraction of sp³-hybridized carbons (Fsp3) is 0.278. The minimum Gasteiger partial charge on any atom is -0.392 e. The van der Waals surface area contributed by atoms with E-state index >= 15 is 0 Å². The molecular formula is C18H20N8. The minimum atomic E-state index is 0.335. The van der Waals surface area contributed by atoms with Gasteiger partial charge in [-0.2, -0.15) is 10.2 Å². The maximum atomic E-state index is 9.53. The summed E-state index contributed by atoms with van der Waals surface area (Å²) >= 11 is 0. The van der Waals surface area contributed by atoms with Crippen LogP contribution in [-0.2, 0) is 0 Å². The third-order valence-corrected chi connectivity index (χ3v) is 4.11. The Hall–Kier alpha value is -3.47. The zero-order valence-corrected chi connectivity index (χ0v) is 14.5. The van der Waals surface area contributed by atoms with Crippen molar-refractivity contribution in [2.24, 2.45) is 0 Å². The maximum absolute atomic E-state index is 9.53. The molecule has 8 heteroatoms. The third kappa shape index (κ3) is 3.78. The molecule has 0 radical (unpaired) electrons. The van der Waals surface area contributed by atoms with Gasteiger partial charge in [-0.15, -0.1) is 0 Å². The molecule has 0 atom stereocenters. The number of allylic oxidation sites excluding steroid dienone is 1. The molecule has 0 bridgehead atoms. The molecule has 132 valence electrons. The highest BCUT2D eigenvalue weighted by Crippen LogP contribution is 2.28. The van der Waals surface area contributed by atoms with Crippen molar-refractivity contribution in [1.29, 1.82) is 10.7 Å². The minimum absolute atomic E-state index is 0.335. The average molecular weight is 348 g/mol. The SMILES string of the molecule is CN/C=C(\C=N)Nc1ncnc(-c2ccc(N3CCCC3)c(C#N)c2)n1. The highest BCUT2D eigenvalue weighted by molar-refractivity contribution is 5.79.